The second-order valence-electron chi connectivity index (χ2n) is 2.96. The van der Waals surface area contributed by atoms with Gasteiger partial charge < -0.3 is 10.6 Å². The van der Waals surface area contributed by atoms with Crippen LogP contribution >= 0.6 is 0 Å². The van der Waals surface area contributed by atoms with Crippen LogP contribution in [0.2, 0.25) is 0 Å². The Kier molecular flexibility index (Phi) is 9.66. The standard InChI is InChI=1S/C9H13N.C2H3N.C2H6/c1-6-4-5-7(2)9(10)8(6)3;1-3-2;1-2/h4-5H,10H2,1-3H3;1H3;1-2H3. The molecular formula is C13H22N2. The quantitative estimate of drug-likeness (QED) is 0.508. The van der Waals surface area contributed by atoms with Gasteiger partial charge in [0.2, 0.25) is 7.05 Å². The lowest BCUT2D eigenvalue weighted by Crippen LogP contribution is -1.94. The Labute approximate surface area is 93.9 Å². The summed E-state index contributed by atoms with van der Waals surface area (Å²) < 4.78 is 0. The van der Waals surface area contributed by atoms with E-state index in [1.54, 1.807) is 0 Å². The van der Waals surface area contributed by atoms with E-state index < -0.39 is 0 Å². The van der Waals surface area contributed by atoms with Crippen LogP contribution < -0.4 is 5.73 Å². The van der Waals surface area contributed by atoms with Crippen LogP contribution in [0.15, 0.2) is 12.1 Å². The van der Waals surface area contributed by atoms with Crippen LogP contribution in [0.4, 0.5) is 5.69 Å². The van der Waals surface area contributed by atoms with Crippen molar-refractivity contribution in [1.29, 1.82) is 0 Å². The Bertz CT molecular complexity index is 295. The average Bonchev–Trinajstić information content (AvgIpc) is 2.25. The number of hydrogen-bond acceptors (Lipinski definition) is 1. The van der Waals surface area contributed by atoms with Crippen molar-refractivity contribution in [3.05, 3.63) is 40.2 Å². The summed E-state index contributed by atoms with van der Waals surface area (Å²) in [6, 6.07) is 4.15. The molecule has 2 nitrogen and oxygen atoms in total. The third-order valence-electron chi connectivity index (χ3n) is 2.00. The minimum absolute atomic E-state index is 0.931. The second-order valence-corrected chi connectivity index (χ2v) is 2.96. The number of hydrogen-bond donors (Lipinski definition) is 1. The van der Waals surface area contributed by atoms with Gasteiger partial charge in [-0.1, -0.05) is 26.0 Å². The molecule has 0 aliphatic carbocycles. The van der Waals surface area contributed by atoms with Gasteiger partial charge in [0.15, 0.2) is 0 Å². The summed E-state index contributed by atoms with van der Waals surface area (Å²) in [4.78, 5) is 2.75. The molecule has 84 valence electrons. The summed E-state index contributed by atoms with van der Waals surface area (Å²) in [5.74, 6) is 0. The molecule has 0 amide bonds. The summed E-state index contributed by atoms with van der Waals surface area (Å²) >= 11 is 0. The van der Waals surface area contributed by atoms with Crippen LogP contribution in [-0.4, -0.2) is 7.05 Å². The lowest BCUT2D eigenvalue weighted by molar-refractivity contribution is 1.31. The van der Waals surface area contributed by atoms with E-state index in [0.717, 1.165) is 5.69 Å². The molecule has 0 heterocycles. The Morgan fingerprint density at radius 3 is 1.73 bits per heavy atom. The summed E-state index contributed by atoms with van der Waals surface area (Å²) in [6.45, 7) is 16.0. The number of benzene rings is 1. The summed E-state index contributed by atoms with van der Waals surface area (Å²) in [6.07, 6.45) is 0. The highest BCUT2D eigenvalue weighted by atomic mass is 14.6. The summed E-state index contributed by atoms with van der Waals surface area (Å²) in [5, 5.41) is 0. The minimum atomic E-state index is 0.931. The van der Waals surface area contributed by atoms with Crippen molar-refractivity contribution in [1.82, 2.24) is 0 Å². The van der Waals surface area contributed by atoms with Gasteiger partial charge in [-0.15, -0.1) is 0 Å². The fourth-order valence-corrected chi connectivity index (χ4v) is 0.973. The van der Waals surface area contributed by atoms with Crippen LogP contribution in [0.25, 0.3) is 4.85 Å². The largest absolute Gasteiger partial charge is 0.398 e. The number of nitrogen functional groups attached to an aromatic ring is 1. The maximum atomic E-state index is 5.83. The smallest absolute Gasteiger partial charge is 0.205 e. The molecule has 0 radical (unpaired) electrons. The number of nitrogens with zero attached hydrogens (tertiary/aromatic N) is 1. The fraction of sp³-hybridized carbons (Fsp3) is 0.462. The Balaban J connectivity index is 0. The highest BCUT2D eigenvalue weighted by Gasteiger charge is 1.98. The van der Waals surface area contributed by atoms with Gasteiger partial charge in [0.05, 0.1) is 0 Å². The zero-order valence-corrected chi connectivity index (χ0v) is 10.7. The van der Waals surface area contributed by atoms with Crippen molar-refractivity contribution in [2.75, 3.05) is 12.8 Å². The molecule has 0 spiro atoms. The third-order valence-corrected chi connectivity index (χ3v) is 2.00. The number of rotatable bonds is 0. The first-order valence-electron chi connectivity index (χ1n) is 5.12. The number of anilines is 1. The maximum Gasteiger partial charge on any atom is 0.205 e. The topological polar surface area (TPSA) is 30.4 Å². The molecule has 0 saturated heterocycles. The van der Waals surface area contributed by atoms with E-state index in [9.17, 15) is 0 Å². The predicted octanol–water partition coefficient (Wildman–Crippen LogP) is 3.76. The molecule has 2 heteroatoms. The van der Waals surface area contributed by atoms with Gasteiger partial charge in [-0.05, 0) is 37.5 Å². The molecule has 0 saturated carbocycles. The molecule has 1 aromatic rings. The first-order chi connectivity index (χ1) is 7.04. The van der Waals surface area contributed by atoms with Crippen LogP contribution in [0.3, 0.4) is 0 Å². The van der Waals surface area contributed by atoms with Crippen molar-refractivity contribution >= 4 is 5.69 Å². The van der Waals surface area contributed by atoms with Gasteiger partial charge in [-0.2, -0.15) is 0 Å². The van der Waals surface area contributed by atoms with Crippen LogP contribution in [-0.2, 0) is 0 Å². The zero-order valence-electron chi connectivity index (χ0n) is 10.7. The van der Waals surface area contributed by atoms with Gasteiger partial charge in [0, 0.05) is 5.69 Å². The lowest BCUT2D eigenvalue weighted by atomic mass is 10.0. The third kappa shape index (κ3) is 5.74. The van der Waals surface area contributed by atoms with Gasteiger partial charge in [-0.25, -0.2) is 6.57 Å². The Morgan fingerprint density at radius 2 is 1.40 bits per heavy atom. The minimum Gasteiger partial charge on any atom is -0.398 e. The molecule has 0 atom stereocenters. The molecular weight excluding hydrogens is 184 g/mol. The van der Waals surface area contributed by atoms with Crippen molar-refractivity contribution in [3.8, 4) is 0 Å². The van der Waals surface area contributed by atoms with Crippen LogP contribution in [0.5, 0.6) is 0 Å². The Morgan fingerprint density at radius 1 is 1.07 bits per heavy atom. The average molecular weight is 206 g/mol. The first-order valence-corrected chi connectivity index (χ1v) is 5.12. The number of nitrogens with two attached hydrogens (primary N) is 1. The van der Waals surface area contributed by atoms with E-state index in [0.29, 0.717) is 0 Å². The van der Waals surface area contributed by atoms with E-state index in [4.69, 9.17) is 12.3 Å². The van der Waals surface area contributed by atoms with E-state index in [2.05, 4.69) is 30.8 Å². The normalized spacial score (nSPS) is 7.53. The molecule has 0 aromatic heterocycles. The number of aryl methyl sites for hydroxylation is 2. The SMILES string of the molecule is CC.Cc1ccc(C)c(N)c1C.[C-]#[N+]C. The fourth-order valence-electron chi connectivity index (χ4n) is 0.973. The monoisotopic (exact) mass is 206 g/mol. The highest BCUT2D eigenvalue weighted by molar-refractivity contribution is 5.55. The molecule has 0 unspecified atom stereocenters. The lowest BCUT2D eigenvalue weighted by Gasteiger charge is -2.05. The molecule has 1 aromatic carbocycles. The van der Waals surface area contributed by atoms with E-state index in [1.165, 1.54) is 23.7 Å². The van der Waals surface area contributed by atoms with E-state index in [1.807, 2.05) is 20.8 Å². The van der Waals surface area contributed by atoms with Crippen molar-refractivity contribution < 1.29 is 0 Å². The molecule has 15 heavy (non-hydrogen) atoms. The summed E-state index contributed by atoms with van der Waals surface area (Å²) in [5.41, 5.74) is 10.4. The van der Waals surface area contributed by atoms with Crippen LogP contribution in [0.1, 0.15) is 30.5 Å². The maximum absolute atomic E-state index is 5.83. The Hall–Kier alpha value is -1.49. The highest BCUT2D eigenvalue weighted by Crippen LogP contribution is 2.18. The second kappa shape index (κ2) is 9.08. The van der Waals surface area contributed by atoms with E-state index >= 15 is 0 Å². The zero-order chi connectivity index (χ0) is 12.4. The molecule has 2 N–H and O–H groups in total. The van der Waals surface area contributed by atoms with Gasteiger partial charge >= 0.3 is 0 Å². The molecule has 0 aliphatic rings. The van der Waals surface area contributed by atoms with Gasteiger partial charge in [0.25, 0.3) is 0 Å². The van der Waals surface area contributed by atoms with Crippen molar-refractivity contribution in [3.63, 3.8) is 0 Å². The van der Waals surface area contributed by atoms with Crippen molar-refractivity contribution in [2.45, 2.75) is 34.6 Å². The molecule has 1 rings (SSSR count). The van der Waals surface area contributed by atoms with Crippen LogP contribution in [0, 0.1) is 27.3 Å². The van der Waals surface area contributed by atoms with Gasteiger partial charge in [0.1, 0.15) is 0 Å². The van der Waals surface area contributed by atoms with E-state index in [-0.39, 0.29) is 0 Å². The molecule has 0 fully saturated rings. The first kappa shape index (κ1) is 16.0. The summed E-state index contributed by atoms with van der Waals surface area (Å²) in [7, 11) is 1.42. The molecule has 0 aliphatic heterocycles. The van der Waals surface area contributed by atoms with Gasteiger partial charge in [-0.3, -0.25) is 0 Å². The van der Waals surface area contributed by atoms with Crippen molar-refractivity contribution in [2.24, 2.45) is 0 Å². The molecule has 0 bridgehead atoms. The predicted molar refractivity (Wildman–Crippen MR) is 68.9 cm³/mol.